The van der Waals surface area contributed by atoms with E-state index in [0.717, 1.165) is 6.42 Å². The molecule has 14 heavy (non-hydrogen) atoms. The van der Waals surface area contributed by atoms with Crippen molar-refractivity contribution in [1.29, 1.82) is 0 Å². The monoisotopic (exact) mass is 203 g/mol. The molecular weight excluding hydrogens is 186 g/mol. The molecule has 1 aliphatic rings. The summed E-state index contributed by atoms with van der Waals surface area (Å²) in [5, 5.41) is 27.2. The molecule has 1 fully saturated rings. The third-order valence-corrected chi connectivity index (χ3v) is 2.79. The third kappa shape index (κ3) is 2.94. The Labute approximate surface area is 82.5 Å². The highest BCUT2D eigenvalue weighted by Gasteiger charge is 2.29. The average molecular weight is 203 g/mol. The molecule has 0 aromatic rings. The second-order valence-electron chi connectivity index (χ2n) is 3.99. The molecule has 1 rings (SSSR count). The molecule has 0 aromatic heterocycles. The zero-order chi connectivity index (χ0) is 10.7. The van der Waals surface area contributed by atoms with Crippen LogP contribution in [0.2, 0.25) is 0 Å². The van der Waals surface area contributed by atoms with Crippen LogP contribution in [0.5, 0.6) is 0 Å². The van der Waals surface area contributed by atoms with Crippen LogP contribution in [0.4, 0.5) is 0 Å². The fraction of sp³-hybridized carbons (Fsp3) is 0.889. The Hall–Kier alpha value is -0.650. The number of rotatable bonds is 3. The number of hydrogen-bond acceptors (Lipinski definition) is 4. The van der Waals surface area contributed by atoms with Crippen LogP contribution in [-0.4, -0.2) is 39.5 Å². The van der Waals surface area contributed by atoms with Crippen LogP contribution in [-0.2, 0) is 4.79 Å². The molecule has 4 atom stereocenters. The number of aliphatic hydroxyl groups is 2. The molecule has 1 saturated carbocycles. The number of carboxylic acids is 1. The maximum atomic E-state index is 10.5. The van der Waals surface area contributed by atoms with E-state index in [4.69, 9.17) is 10.8 Å². The van der Waals surface area contributed by atoms with Crippen LogP contribution in [0.15, 0.2) is 0 Å². The molecule has 0 aromatic carbocycles. The molecule has 0 bridgehead atoms. The standard InChI is InChI=1S/C9H17NO4/c10-6(9(13)14)3-5-1-2-7(11)8(12)4-5/h5-8,11-12H,1-4,10H2,(H,13,14). The summed E-state index contributed by atoms with van der Waals surface area (Å²) in [6.07, 6.45) is 0.695. The molecular formula is C9H17NO4. The van der Waals surface area contributed by atoms with Crippen LogP contribution in [0.25, 0.3) is 0 Å². The first kappa shape index (κ1) is 11.4. The Kier molecular flexibility index (Phi) is 3.86. The summed E-state index contributed by atoms with van der Waals surface area (Å²) in [6, 6.07) is -0.859. The number of carbonyl (C=O) groups is 1. The first-order valence-corrected chi connectivity index (χ1v) is 4.85. The summed E-state index contributed by atoms with van der Waals surface area (Å²) < 4.78 is 0. The maximum Gasteiger partial charge on any atom is 0.320 e. The van der Waals surface area contributed by atoms with E-state index in [1.807, 2.05) is 0 Å². The molecule has 4 unspecified atom stereocenters. The van der Waals surface area contributed by atoms with Crippen molar-refractivity contribution in [1.82, 2.24) is 0 Å². The highest BCUT2D eigenvalue weighted by molar-refractivity contribution is 5.73. The third-order valence-electron chi connectivity index (χ3n) is 2.79. The minimum Gasteiger partial charge on any atom is -0.480 e. The Morgan fingerprint density at radius 2 is 2.00 bits per heavy atom. The molecule has 0 aliphatic heterocycles. The second-order valence-corrected chi connectivity index (χ2v) is 3.99. The van der Waals surface area contributed by atoms with E-state index in [1.54, 1.807) is 0 Å². The maximum absolute atomic E-state index is 10.5. The van der Waals surface area contributed by atoms with Crippen LogP contribution < -0.4 is 5.73 Å². The van der Waals surface area contributed by atoms with Gasteiger partial charge < -0.3 is 21.1 Å². The first-order valence-electron chi connectivity index (χ1n) is 4.85. The second kappa shape index (κ2) is 4.72. The molecule has 5 N–H and O–H groups in total. The van der Waals surface area contributed by atoms with E-state index in [0.29, 0.717) is 19.3 Å². The fourth-order valence-corrected chi connectivity index (χ4v) is 1.89. The lowest BCUT2D eigenvalue weighted by Gasteiger charge is -2.30. The van der Waals surface area contributed by atoms with Gasteiger partial charge in [0.25, 0.3) is 0 Å². The van der Waals surface area contributed by atoms with Crippen molar-refractivity contribution in [2.75, 3.05) is 0 Å². The lowest BCUT2D eigenvalue weighted by atomic mass is 9.82. The number of carboxylic acid groups (broad SMARTS) is 1. The van der Waals surface area contributed by atoms with E-state index in [-0.39, 0.29) is 5.92 Å². The van der Waals surface area contributed by atoms with Crippen molar-refractivity contribution in [2.24, 2.45) is 11.7 Å². The van der Waals surface area contributed by atoms with Crippen LogP contribution in [0.3, 0.4) is 0 Å². The van der Waals surface area contributed by atoms with Gasteiger partial charge in [0.2, 0.25) is 0 Å². The molecule has 5 nitrogen and oxygen atoms in total. The van der Waals surface area contributed by atoms with Crippen molar-refractivity contribution in [3.63, 3.8) is 0 Å². The zero-order valence-electron chi connectivity index (χ0n) is 7.97. The molecule has 0 spiro atoms. The van der Waals surface area contributed by atoms with Crippen molar-refractivity contribution in [2.45, 2.75) is 43.9 Å². The van der Waals surface area contributed by atoms with Gasteiger partial charge in [0.15, 0.2) is 0 Å². The summed E-state index contributed by atoms with van der Waals surface area (Å²) in [6.45, 7) is 0. The first-order chi connectivity index (χ1) is 6.50. The smallest absolute Gasteiger partial charge is 0.320 e. The van der Waals surface area contributed by atoms with Gasteiger partial charge in [-0.3, -0.25) is 4.79 Å². The van der Waals surface area contributed by atoms with Gasteiger partial charge in [-0.25, -0.2) is 0 Å². The normalized spacial score (nSPS) is 35.2. The largest absolute Gasteiger partial charge is 0.480 e. The number of nitrogens with two attached hydrogens (primary N) is 1. The quantitative estimate of drug-likeness (QED) is 0.486. The highest BCUT2D eigenvalue weighted by atomic mass is 16.4. The van der Waals surface area contributed by atoms with Crippen molar-refractivity contribution < 1.29 is 20.1 Å². The van der Waals surface area contributed by atoms with Gasteiger partial charge in [-0.1, -0.05) is 0 Å². The summed E-state index contributed by atoms with van der Waals surface area (Å²) >= 11 is 0. The SMILES string of the molecule is NC(CC1CCC(O)C(O)C1)C(=O)O. The Morgan fingerprint density at radius 3 is 2.50 bits per heavy atom. The van der Waals surface area contributed by atoms with Gasteiger partial charge in [0.1, 0.15) is 6.04 Å². The molecule has 0 radical (unpaired) electrons. The topological polar surface area (TPSA) is 104 Å². The summed E-state index contributed by atoms with van der Waals surface area (Å²) in [7, 11) is 0. The lowest BCUT2D eigenvalue weighted by molar-refractivity contribution is -0.139. The van der Waals surface area contributed by atoms with Crippen molar-refractivity contribution in [3.05, 3.63) is 0 Å². The van der Waals surface area contributed by atoms with Gasteiger partial charge >= 0.3 is 5.97 Å². The Balaban J connectivity index is 2.36. The van der Waals surface area contributed by atoms with Gasteiger partial charge in [-0.15, -0.1) is 0 Å². The van der Waals surface area contributed by atoms with Gasteiger partial charge in [-0.05, 0) is 31.6 Å². The summed E-state index contributed by atoms with van der Waals surface area (Å²) in [5.74, 6) is -0.898. The fourth-order valence-electron chi connectivity index (χ4n) is 1.89. The molecule has 0 saturated heterocycles. The summed E-state index contributed by atoms with van der Waals surface area (Å²) in [4.78, 5) is 10.5. The zero-order valence-corrected chi connectivity index (χ0v) is 7.97. The van der Waals surface area contributed by atoms with E-state index < -0.39 is 24.2 Å². The number of hydrogen-bond donors (Lipinski definition) is 4. The number of aliphatic carboxylic acids is 1. The predicted octanol–water partition coefficient (Wildman–Crippen LogP) is -0.690. The lowest BCUT2D eigenvalue weighted by Crippen LogP contribution is -2.38. The molecule has 0 amide bonds. The minimum absolute atomic E-state index is 0.111. The predicted molar refractivity (Wildman–Crippen MR) is 49.6 cm³/mol. The van der Waals surface area contributed by atoms with Gasteiger partial charge in [-0.2, -0.15) is 0 Å². The van der Waals surface area contributed by atoms with E-state index in [9.17, 15) is 15.0 Å². The van der Waals surface area contributed by atoms with E-state index in [1.165, 1.54) is 0 Å². The Morgan fingerprint density at radius 1 is 1.36 bits per heavy atom. The van der Waals surface area contributed by atoms with Crippen LogP contribution in [0.1, 0.15) is 25.7 Å². The van der Waals surface area contributed by atoms with E-state index >= 15 is 0 Å². The van der Waals surface area contributed by atoms with Gasteiger partial charge in [0.05, 0.1) is 12.2 Å². The van der Waals surface area contributed by atoms with Crippen LogP contribution in [0, 0.1) is 5.92 Å². The van der Waals surface area contributed by atoms with Crippen LogP contribution >= 0.6 is 0 Å². The average Bonchev–Trinajstić information content (AvgIpc) is 2.11. The molecule has 0 heterocycles. The van der Waals surface area contributed by atoms with E-state index in [2.05, 4.69) is 0 Å². The van der Waals surface area contributed by atoms with Crippen molar-refractivity contribution in [3.8, 4) is 0 Å². The minimum atomic E-state index is -1.01. The van der Waals surface area contributed by atoms with Crippen molar-refractivity contribution >= 4 is 5.97 Å². The number of aliphatic hydroxyl groups excluding tert-OH is 2. The molecule has 1 aliphatic carbocycles. The van der Waals surface area contributed by atoms with Gasteiger partial charge in [0, 0.05) is 0 Å². The molecule has 5 heteroatoms. The highest BCUT2D eigenvalue weighted by Crippen LogP contribution is 2.27. The molecule has 82 valence electrons. The Bertz CT molecular complexity index is 209. The summed E-state index contributed by atoms with van der Waals surface area (Å²) in [5.41, 5.74) is 5.38.